The van der Waals surface area contributed by atoms with Crippen molar-refractivity contribution in [2.75, 3.05) is 32.7 Å². The highest BCUT2D eigenvalue weighted by atomic mass is 16.1. The average Bonchev–Trinajstić information content (AvgIpc) is 3.08. The van der Waals surface area contributed by atoms with E-state index in [0.29, 0.717) is 12.1 Å². The average molecular weight is 268 g/mol. The molecule has 1 aliphatic carbocycles. The lowest BCUT2D eigenvalue weighted by molar-refractivity contribution is -0.120. The number of rotatable bonds is 8. The Morgan fingerprint density at radius 2 is 2.05 bits per heavy atom. The predicted molar refractivity (Wildman–Crippen MR) is 76.9 cm³/mol. The minimum Gasteiger partial charge on any atom is -0.368 e. The van der Waals surface area contributed by atoms with E-state index in [2.05, 4.69) is 29.0 Å². The molecule has 0 aromatic rings. The molecule has 2 fully saturated rings. The summed E-state index contributed by atoms with van der Waals surface area (Å²) in [5, 5.41) is 3.36. The molecule has 1 amide bonds. The summed E-state index contributed by atoms with van der Waals surface area (Å²) in [4.78, 5) is 16.4. The molecule has 0 bridgehead atoms. The molecule has 0 aromatic heterocycles. The lowest BCUT2D eigenvalue weighted by atomic mass is 10.2. The number of hydrogen-bond donors (Lipinski definition) is 2. The minimum atomic E-state index is -0.210. The van der Waals surface area contributed by atoms with Gasteiger partial charge in [-0.25, -0.2) is 0 Å². The number of likely N-dealkylation sites (N-methyl/N-ethyl adjacent to an activating group) is 1. The maximum Gasteiger partial charge on any atom is 0.235 e. The Morgan fingerprint density at radius 1 is 1.37 bits per heavy atom. The summed E-state index contributed by atoms with van der Waals surface area (Å²) in [5.41, 5.74) is 5.50. The minimum absolute atomic E-state index is 0.178. The number of primary amides is 1. The third kappa shape index (κ3) is 4.16. The third-order valence-corrected chi connectivity index (χ3v) is 4.37. The van der Waals surface area contributed by atoms with Crippen LogP contribution in [0.2, 0.25) is 0 Å². The molecule has 110 valence electrons. The lowest BCUT2D eigenvalue weighted by Gasteiger charge is -2.27. The molecule has 5 heteroatoms. The molecule has 2 aliphatic rings. The standard InChI is InChI=1S/C14H28N4O/c1-3-18(4-2)12-7-8-17(9-12)10-13(14(15)19)16-11-5-6-11/h11-13,16H,3-10H2,1-2H3,(H2,15,19). The summed E-state index contributed by atoms with van der Waals surface area (Å²) in [6.45, 7) is 9.56. The first-order valence-electron chi connectivity index (χ1n) is 7.65. The fourth-order valence-electron chi connectivity index (χ4n) is 3.03. The van der Waals surface area contributed by atoms with Gasteiger partial charge in [-0.1, -0.05) is 13.8 Å². The summed E-state index contributed by atoms with van der Waals surface area (Å²) in [7, 11) is 0. The van der Waals surface area contributed by atoms with Crippen LogP contribution in [0.15, 0.2) is 0 Å². The first kappa shape index (κ1) is 14.8. The molecular weight excluding hydrogens is 240 g/mol. The first-order chi connectivity index (χ1) is 9.13. The number of nitrogens with zero attached hydrogens (tertiary/aromatic N) is 2. The monoisotopic (exact) mass is 268 g/mol. The van der Waals surface area contributed by atoms with Gasteiger partial charge in [-0.3, -0.25) is 14.6 Å². The van der Waals surface area contributed by atoms with Crippen LogP contribution >= 0.6 is 0 Å². The van der Waals surface area contributed by atoms with Crippen molar-refractivity contribution in [2.24, 2.45) is 5.73 Å². The predicted octanol–water partition coefficient (Wildman–Crippen LogP) is 0.00840. The summed E-state index contributed by atoms with van der Waals surface area (Å²) in [5.74, 6) is -0.210. The number of nitrogens with one attached hydrogen (secondary N) is 1. The van der Waals surface area contributed by atoms with E-state index in [1.54, 1.807) is 0 Å². The molecule has 2 unspecified atom stereocenters. The number of nitrogens with two attached hydrogens (primary N) is 1. The van der Waals surface area contributed by atoms with E-state index >= 15 is 0 Å². The Kier molecular flexibility index (Phi) is 5.19. The van der Waals surface area contributed by atoms with Crippen LogP contribution in [0.1, 0.15) is 33.1 Å². The molecular formula is C14H28N4O. The van der Waals surface area contributed by atoms with Crippen molar-refractivity contribution in [3.8, 4) is 0 Å². The Bertz CT molecular complexity index is 302. The maximum atomic E-state index is 11.5. The molecule has 5 nitrogen and oxygen atoms in total. The Labute approximate surface area is 116 Å². The van der Waals surface area contributed by atoms with Gasteiger partial charge in [-0.2, -0.15) is 0 Å². The molecule has 1 heterocycles. The van der Waals surface area contributed by atoms with Crippen LogP contribution in [0.4, 0.5) is 0 Å². The molecule has 2 rings (SSSR count). The lowest BCUT2D eigenvalue weighted by Crippen LogP contribution is -2.50. The van der Waals surface area contributed by atoms with Crippen LogP contribution < -0.4 is 11.1 Å². The van der Waals surface area contributed by atoms with E-state index in [0.717, 1.165) is 32.7 Å². The van der Waals surface area contributed by atoms with E-state index in [9.17, 15) is 4.79 Å². The molecule has 0 aromatic carbocycles. The van der Waals surface area contributed by atoms with Gasteiger partial charge in [0.05, 0.1) is 6.04 Å². The molecule has 3 N–H and O–H groups in total. The van der Waals surface area contributed by atoms with Crippen LogP contribution in [0, 0.1) is 0 Å². The second-order valence-electron chi connectivity index (χ2n) is 5.82. The van der Waals surface area contributed by atoms with Crippen molar-refractivity contribution in [1.82, 2.24) is 15.1 Å². The van der Waals surface area contributed by atoms with Gasteiger partial charge >= 0.3 is 0 Å². The molecule has 1 aliphatic heterocycles. The number of carbonyl (C=O) groups excluding carboxylic acids is 1. The summed E-state index contributed by atoms with van der Waals surface area (Å²) < 4.78 is 0. The van der Waals surface area contributed by atoms with Crippen molar-refractivity contribution in [1.29, 1.82) is 0 Å². The number of amides is 1. The fraction of sp³-hybridized carbons (Fsp3) is 0.929. The number of likely N-dealkylation sites (tertiary alicyclic amines) is 1. The highest BCUT2D eigenvalue weighted by Crippen LogP contribution is 2.20. The van der Waals surface area contributed by atoms with Gasteiger partial charge in [0.2, 0.25) is 5.91 Å². The van der Waals surface area contributed by atoms with Crippen LogP contribution in [-0.4, -0.2) is 66.6 Å². The molecule has 0 spiro atoms. The van der Waals surface area contributed by atoms with Crippen LogP contribution in [0.3, 0.4) is 0 Å². The van der Waals surface area contributed by atoms with Crippen molar-refractivity contribution >= 4 is 5.91 Å². The van der Waals surface area contributed by atoms with E-state index < -0.39 is 0 Å². The molecule has 0 radical (unpaired) electrons. The maximum absolute atomic E-state index is 11.5. The summed E-state index contributed by atoms with van der Waals surface area (Å²) >= 11 is 0. The SMILES string of the molecule is CCN(CC)C1CCN(CC(NC2CC2)C(N)=O)C1. The van der Waals surface area contributed by atoms with Crippen molar-refractivity contribution in [2.45, 2.75) is 51.2 Å². The van der Waals surface area contributed by atoms with Crippen LogP contribution in [0.25, 0.3) is 0 Å². The van der Waals surface area contributed by atoms with Gasteiger partial charge in [0.1, 0.15) is 0 Å². The quantitative estimate of drug-likeness (QED) is 0.651. The largest absolute Gasteiger partial charge is 0.368 e. The van der Waals surface area contributed by atoms with Crippen LogP contribution in [-0.2, 0) is 4.79 Å². The number of hydrogen-bond acceptors (Lipinski definition) is 4. The Hall–Kier alpha value is -0.650. The molecule has 1 saturated heterocycles. The van der Waals surface area contributed by atoms with E-state index in [4.69, 9.17) is 5.73 Å². The van der Waals surface area contributed by atoms with E-state index in [1.807, 2.05) is 0 Å². The van der Waals surface area contributed by atoms with Gasteiger partial charge < -0.3 is 11.1 Å². The van der Waals surface area contributed by atoms with Gasteiger partial charge in [0.25, 0.3) is 0 Å². The topological polar surface area (TPSA) is 61.6 Å². The van der Waals surface area contributed by atoms with Gasteiger partial charge in [0, 0.05) is 25.2 Å². The van der Waals surface area contributed by atoms with Crippen molar-refractivity contribution < 1.29 is 4.79 Å². The number of carbonyl (C=O) groups is 1. The molecule has 19 heavy (non-hydrogen) atoms. The molecule has 1 saturated carbocycles. The van der Waals surface area contributed by atoms with Crippen molar-refractivity contribution in [3.63, 3.8) is 0 Å². The highest BCUT2D eigenvalue weighted by Gasteiger charge is 2.32. The van der Waals surface area contributed by atoms with Gasteiger partial charge in [0.15, 0.2) is 0 Å². The normalized spacial score (nSPS) is 25.9. The highest BCUT2D eigenvalue weighted by molar-refractivity contribution is 5.80. The van der Waals surface area contributed by atoms with Gasteiger partial charge in [-0.15, -0.1) is 0 Å². The Morgan fingerprint density at radius 3 is 2.58 bits per heavy atom. The van der Waals surface area contributed by atoms with Crippen molar-refractivity contribution in [3.05, 3.63) is 0 Å². The fourth-order valence-corrected chi connectivity index (χ4v) is 3.03. The zero-order valence-corrected chi connectivity index (χ0v) is 12.3. The van der Waals surface area contributed by atoms with E-state index in [1.165, 1.54) is 19.3 Å². The first-order valence-corrected chi connectivity index (χ1v) is 7.65. The van der Waals surface area contributed by atoms with Crippen LogP contribution in [0.5, 0.6) is 0 Å². The summed E-state index contributed by atoms with van der Waals surface area (Å²) in [6, 6.07) is 0.992. The van der Waals surface area contributed by atoms with Gasteiger partial charge in [-0.05, 0) is 38.9 Å². The zero-order chi connectivity index (χ0) is 13.8. The Balaban J connectivity index is 1.80. The third-order valence-electron chi connectivity index (χ3n) is 4.37. The zero-order valence-electron chi connectivity index (χ0n) is 12.3. The second-order valence-corrected chi connectivity index (χ2v) is 5.82. The summed E-state index contributed by atoms with van der Waals surface area (Å²) in [6.07, 6.45) is 3.58. The van der Waals surface area contributed by atoms with E-state index in [-0.39, 0.29) is 11.9 Å². The molecule has 2 atom stereocenters. The second kappa shape index (κ2) is 6.68. The smallest absolute Gasteiger partial charge is 0.235 e.